The van der Waals surface area contributed by atoms with Gasteiger partial charge in [-0.05, 0) is 33.6 Å². The van der Waals surface area contributed by atoms with Gasteiger partial charge in [-0.1, -0.05) is 83.1 Å². The summed E-state index contributed by atoms with van der Waals surface area (Å²) in [5.74, 6) is 0.798. The number of Topliss-reactive ketones (excluding diaryl/α,β-unsaturated/α-hetero) is 1. The van der Waals surface area contributed by atoms with E-state index in [-0.39, 0.29) is 11.2 Å². The van der Waals surface area contributed by atoms with Crippen molar-refractivity contribution in [2.45, 2.75) is 58.8 Å². The number of rotatable bonds is 5. The highest BCUT2D eigenvalue weighted by atomic mass is 16.1. The lowest BCUT2D eigenvalue weighted by Gasteiger charge is -2.19. The quantitative estimate of drug-likeness (QED) is 0.716. The van der Waals surface area contributed by atoms with Crippen molar-refractivity contribution in [1.29, 1.82) is 0 Å². The maximum absolute atomic E-state index is 12.3. The fourth-order valence-electron chi connectivity index (χ4n) is 2.66. The van der Waals surface area contributed by atoms with E-state index >= 15 is 0 Å². The van der Waals surface area contributed by atoms with Gasteiger partial charge in [0.15, 0.2) is 0 Å². The van der Waals surface area contributed by atoms with Crippen LogP contribution in [0.25, 0.3) is 0 Å². The summed E-state index contributed by atoms with van der Waals surface area (Å²) < 4.78 is 0. The number of hydrogen-bond acceptors (Lipinski definition) is 1. The third-order valence-electron chi connectivity index (χ3n) is 4.27. The minimum atomic E-state index is 0.153. The molecule has 0 radical (unpaired) electrons. The van der Waals surface area contributed by atoms with E-state index in [2.05, 4.69) is 83.1 Å². The van der Waals surface area contributed by atoms with Crippen LogP contribution in [0.1, 0.15) is 62.8 Å². The predicted octanol–water partition coefficient (Wildman–Crippen LogP) is 5.46. The Morgan fingerprint density at radius 3 is 1.65 bits per heavy atom. The zero-order valence-corrected chi connectivity index (χ0v) is 15.0. The predicted molar refractivity (Wildman–Crippen MR) is 98.1 cm³/mol. The number of ketones is 1. The van der Waals surface area contributed by atoms with Crippen LogP contribution in [0.2, 0.25) is 0 Å². The Labute approximate surface area is 140 Å². The molecule has 0 heterocycles. The van der Waals surface area contributed by atoms with Gasteiger partial charge in [0.25, 0.3) is 0 Å². The van der Waals surface area contributed by atoms with Crippen molar-refractivity contribution in [1.82, 2.24) is 0 Å². The first-order chi connectivity index (χ1) is 10.8. The molecule has 0 fully saturated rings. The molecule has 0 bridgehead atoms. The Kier molecular flexibility index (Phi) is 5.41. The summed E-state index contributed by atoms with van der Waals surface area (Å²) in [5.41, 5.74) is 4.98. The number of hydrogen-bond donors (Lipinski definition) is 0. The highest BCUT2D eigenvalue weighted by Crippen LogP contribution is 2.22. The Balaban J connectivity index is 1.96. The molecule has 2 aromatic rings. The zero-order valence-electron chi connectivity index (χ0n) is 15.0. The van der Waals surface area contributed by atoms with E-state index in [0.717, 1.165) is 11.1 Å². The van der Waals surface area contributed by atoms with E-state index in [9.17, 15) is 4.79 Å². The Hall–Kier alpha value is -1.89. The molecule has 0 amide bonds. The van der Waals surface area contributed by atoms with Crippen LogP contribution >= 0.6 is 0 Å². The van der Waals surface area contributed by atoms with Crippen LogP contribution in [-0.2, 0) is 23.1 Å². The first kappa shape index (κ1) is 17.5. The van der Waals surface area contributed by atoms with E-state index < -0.39 is 0 Å². The number of carbonyl (C=O) groups is 1. The van der Waals surface area contributed by atoms with E-state index in [1.165, 1.54) is 11.1 Å². The smallest absolute Gasteiger partial charge is 0.141 e. The van der Waals surface area contributed by atoms with E-state index in [1.54, 1.807) is 0 Å². The molecular formula is C22H28O. The molecule has 0 saturated carbocycles. The molecule has 0 saturated heterocycles. The second-order valence-corrected chi connectivity index (χ2v) is 7.74. The van der Waals surface area contributed by atoms with Gasteiger partial charge in [-0.15, -0.1) is 0 Å². The van der Waals surface area contributed by atoms with Gasteiger partial charge in [-0.2, -0.15) is 0 Å². The monoisotopic (exact) mass is 308 g/mol. The molecule has 2 rings (SSSR count). The summed E-state index contributed by atoms with van der Waals surface area (Å²) >= 11 is 0. The maximum atomic E-state index is 12.3. The zero-order chi connectivity index (χ0) is 17.0. The third-order valence-corrected chi connectivity index (χ3v) is 4.27. The summed E-state index contributed by atoms with van der Waals surface area (Å²) in [7, 11) is 0. The highest BCUT2D eigenvalue weighted by molar-refractivity contribution is 5.83. The average Bonchev–Trinajstić information content (AvgIpc) is 2.47. The molecule has 0 aliphatic rings. The molecule has 0 N–H and O–H groups in total. The molecule has 0 atom stereocenters. The van der Waals surface area contributed by atoms with Gasteiger partial charge in [0.05, 0.1) is 0 Å². The van der Waals surface area contributed by atoms with Gasteiger partial charge < -0.3 is 0 Å². The summed E-state index contributed by atoms with van der Waals surface area (Å²) in [6.45, 7) is 11.0. The largest absolute Gasteiger partial charge is 0.299 e. The van der Waals surface area contributed by atoms with Crippen LogP contribution in [0.15, 0.2) is 48.5 Å². The van der Waals surface area contributed by atoms with Crippen molar-refractivity contribution in [3.63, 3.8) is 0 Å². The SMILES string of the molecule is CC(C)c1ccc(CC(=O)Cc2ccc(C(C)(C)C)cc2)cc1. The van der Waals surface area contributed by atoms with E-state index in [0.29, 0.717) is 18.8 Å². The molecule has 23 heavy (non-hydrogen) atoms. The third kappa shape index (κ3) is 5.06. The van der Waals surface area contributed by atoms with Gasteiger partial charge in [-0.3, -0.25) is 4.79 Å². The molecule has 0 aromatic heterocycles. The van der Waals surface area contributed by atoms with Crippen molar-refractivity contribution in [2.75, 3.05) is 0 Å². The molecule has 0 spiro atoms. The second-order valence-electron chi connectivity index (χ2n) is 7.74. The van der Waals surface area contributed by atoms with Gasteiger partial charge in [0.2, 0.25) is 0 Å². The van der Waals surface area contributed by atoms with Crippen LogP contribution in [0, 0.1) is 0 Å². The van der Waals surface area contributed by atoms with Crippen LogP contribution in [0.4, 0.5) is 0 Å². The summed E-state index contributed by atoms with van der Waals surface area (Å²) in [4.78, 5) is 12.3. The lowest BCUT2D eigenvalue weighted by Crippen LogP contribution is -2.11. The lowest BCUT2D eigenvalue weighted by atomic mass is 9.86. The van der Waals surface area contributed by atoms with Crippen LogP contribution < -0.4 is 0 Å². The van der Waals surface area contributed by atoms with Gasteiger partial charge in [-0.25, -0.2) is 0 Å². The number of carbonyl (C=O) groups excluding carboxylic acids is 1. The molecule has 0 aliphatic carbocycles. The minimum Gasteiger partial charge on any atom is -0.299 e. The average molecular weight is 308 g/mol. The summed E-state index contributed by atoms with van der Waals surface area (Å²) in [6, 6.07) is 16.9. The first-order valence-electron chi connectivity index (χ1n) is 8.45. The molecule has 1 heteroatoms. The van der Waals surface area contributed by atoms with E-state index in [4.69, 9.17) is 0 Å². The topological polar surface area (TPSA) is 17.1 Å². The highest BCUT2D eigenvalue weighted by Gasteiger charge is 2.13. The summed E-state index contributed by atoms with van der Waals surface area (Å²) in [6.07, 6.45) is 1.02. The molecule has 2 aromatic carbocycles. The lowest BCUT2D eigenvalue weighted by molar-refractivity contribution is -0.117. The van der Waals surface area contributed by atoms with Crippen molar-refractivity contribution < 1.29 is 4.79 Å². The molecule has 0 unspecified atom stereocenters. The fourth-order valence-corrected chi connectivity index (χ4v) is 2.66. The maximum Gasteiger partial charge on any atom is 0.141 e. The summed E-state index contributed by atoms with van der Waals surface area (Å²) in [5, 5.41) is 0. The van der Waals surface area contributed by atoms with Crippen molar-refractivity contribution in [3.05, 3.63) is 70.8 Å². The molecular weight excluding hydrogens is 280 g/mol. The van der Waals surface area contributed by atoms with E-state index in [1.807, 2.05) is 0 Å². The van der Waals surface area contributed by atoms with Crippen LogP contribution in [-0.4, -0.2) is 5.78 Å². The second kappa shape index (κ2) is 7.12. The molecule has 122 valence electrons. The van der Waals surface area contributed by atoms with Crippen LogP contribution in [0.5, 0.6) is 0 Å². The van der Waals surface area contributed by atoms with Crippen molar-refractivity contribution >= 4 is 5.78 Å². The fraction of sp³-hybridized carbons (Fsp3) is 0.409. The Morgan fingerprint density at radius 1 is 0.826 bits per heavy atom. The van der Waals surface area contributed by atoms with Gasteiger partial charge >= 0.3 is 0 Å². The Morgan fingerprint density at radius 2 is 1.26 bits per heavy atom. The minimum absolute atomic E-state index is 0.153. The van der Waals surface area contributed by atoms with Gasteiger partial charge in [0, 0.05) is 12.8 Å². The van der Waals surface area contributed by atoms with Crippen molar-refractivity contribution in [3.8, 4) is 0 Å². The normalized spacial score (nSPS) is 11.7. The molecule has 0 aliphatic heterocycles. The van der Waals surface area contributed by atoms with Crippen LogP contribution in [0.3, 0.4) is 0 Å². The van der Waals surface area contributed by atoms with Gasteiger partial charge in [0.1, 0.15) is 5.78 Å². The standard InChI is InChI=1S/C22H28O/c1-16(2)19-10-6-17(7-11-19)14-21(23)15-18-8-12-20(13-9-18)22(3,4)5/h6-13,16H,14-15H2,1-5H3. The molecule has 1 nitrogen and oxygen atoms in total. The Bertz CT molecular complexity index is 640. The van der Waals surface area contributed by atoms with Crippen molar-refractivity contribution in [2.24, 2.45) is 0 Å². The first-order valence-corrected chi connectivity index (χ1v) is 8.45. The number of benzene rings is 2.